The fourth-order valence-electron chi connectivity index (χ4n) is 2.67. The number of hydrogen-bond acceptors (Lipinski definition) is 4. The lowest BCUT2D eigenvalue weighted by atomic mass is 10.0. The number of nitrogens with zero attached hydrogens (tertiary/aromatic N) is 1. The first-order valence-electron chi connectivity index (χ1n) is 6.36. The smallest absolute Gasteiger partial charge is 0.308 e. The van der Waals surface area contributed by atoms with Crippen LogP contribution in [0.3, 0.4) is 0 Å². The average Bonchev–Trinajstić information content (AvgIpc) is 2.83. The van der Waals surface area contributed by atoms with Gasteiger partial charge in [0.2, 0.25) is 0 Å². The molecule has 1 aliphatic carbocycles. The van der Waals surface area contributed by atoms with Gasteiger partial charge in [-0.3, -0.25) is 9.59 Å². The predicted octanol–water partition coefficient (Wildman–Crippen LogP) is 1.12. The number of aromatic amines is 1. The molecule has 1 aromatic heterocycles. The number of aromatic nitrogens is 2. The van der Waals surface area contributed by atoms with Crippen molar-refractivity contribution >= 4 is 5.97 Å². The highest BCUT2D eigenvalue weighted by molar-refractivity contribution is 5.70. The Bertz CT molecular complexity index is 544. The molecule has 1 heterocycles. The van der Waals surface area contributed by atoms with Crippen molar-refractivity contribution in [2.45, 2.75) is 44.6 Å². The summed E-state index contributed by atoms with van der Waals surface area (Å²) < 4.78 is 5.57. The molecule has 104 valence electrons. The van der Waals surface area contributed by atoms with Crippen molar-refractivity contribution in [1.29, 1.82) is 0 Å². The molecule has 6 nitrogen and oxygen atoms in total. The van der Waals surface area contributed by atoms with Crippen LogP contribution in [0.4, 0.5) is 0 Å². The number of aliphatic carboxylic acids is 1. The van der Waals surface area contributed by atoms with Gasteiger partial charge in [-0.2, -0.15) is 0 Å². The molecule has 0 aliphatic heterocycles. The number of H-pyrrole nitrogens is 1. The maximum absolute atomic E-state index is 12.0. The van der Waals surface area contributed by atoms with E-state index in [4.69, 9.17) is 9.84 Å². The van der Waals surface area contributed by atoms with E-state index in [1.807, 2.05) is 0 Å². The molecule has 0 spiro atoms. The van der Waals surface area contributed by atoms with E-state index in [1.165, 1.54) is 0 Å². The SMILES string of the molecule is COC1(c2nc(C)c(CC(=O)O)c(=O)[nH]2)CCCC1. The van der Waals surface area contributed by atoms with Crippen molar-refractivity contribution in [2.75, 3.05) is 7.11 Å². The summed E-state index contributed by atoms with van der Waals surface area (Å²) in [7, 11) is 1.62. The molecule has 0 bridgehead atoms. The zero-order chi connectivity index (χ0) is 14.0. The number of aryl methyl sites for hydroxylation is 1. The van der Waals surface area contributed by atoms with Gasteiger partial charge in [0.05, 0.1) is 6.42 Å². The second kappa shape index (κ2) is 5.13. The zero-order valence-electron chi connectivity index (χ0n) is 11.2. The molecular weight excluding hydrogens is 248 g/mol. The Morgan fingerprint density at radius 3 is 2.58 bits per heavy atom. The Morgan fingerprint density at radius 1 is 1.47 bits per heavy atom. The summed E-state index contributed by atoms with van der Waals surface area (Å²) in [6.45, 7) is 1.66. The summed E-state index contributed by atoms with van der Waals surface area (Å²) in [4.78, 5) is 29.8. The Balaban J connectivity index is 2.45. The summed E-state index contributed by atoms with van der Waals surface area (Å²) in [5.41, 5.74) is -0.232. The van der Waals surface area contributed by atoms with Crippen molar-refractivity contribution in [3.63, 3.8) is 0 Å². The molecule has 0 amide bonds. The largest absolute Gasteiger partial charge is 0.481 e. The van der Waals surface area contributed by atoms with Gasteiger partial charge >= 0.3 is 5.97 Å². The van der Waals surface area contributed by atoms with E-state index >= 15 is 0 Å². The topological polar surface area (TPSA) is 92.3 Å². The molecule has 1 aromatic rings. The normalized spacial score (nSPS) is 17.6. The minimum absolute atomic E-state index is 0.209. The van der Waals surface area contributed by atoms with Crippen LogP contribution < -0.4 is 5.56 Å². The summed E-state index contributed by atoms with van der Waals surface area (Å²) >= 11 is 0. The maximum Gasteiger partial charge on any atom is 0.308 e. The van der Waals surface area contributed by atoms with E-state index in [0.717, 1.165) is 25.7 Å². The van der Waals surface area contributed by atoms with Crippen LogP contribution in [0.25, 0.3) is 0 Å². The molecule has 0 unspecified atom stereocenters. The van der Waals surface area contributed by atoms with Crippen molar-refractivity contribution in [2.24, 2.45) is 0 Å². The highest BCUT2D eigenvalue weighted by atomic mass is 16.5. The summed E-state index contributed by atoms with van der Waals surface area (Å²) in [5.74, 6) is -0.519. The van der Waals surface area contributed by atoms with Gasteiger partial charge in [-0.1, -0.05) is 0 Å². The fraction of sp³-hybridized carbons (Fsp3) is 0.615. The van der Waals surface area contributed by atoms with Crippen LogP contribution in [0.15, 0.2) is 4.79 Å². The van der Waals surface area contributed by atoms with Crippen LogP contribution in [0, 0.1) is 6.92 Å². The third-order valence-corrected chi connectivity index (χ3v) is 3.78. The van der Waals surface area contributed by atoms with Crippen molar-refractivity contribution in [3.8, 4) is 0 Å². The fourth-order valence-corrected chi connectivity index (χ4v) is 2.67. The van der Waals surface area contributed by atoms with Crippen LogP contribution in [-0.2, 0) is 21.6 Å². The number of hydrogen-bond donors (Lipinski definition) is 2. The van der Waals surface area contributed by atoms with E-state index in [1.54, 1.807) is 14.0 Å². The van der Waals surface area contributed by atoms with Crippen LogP contribution >= 0.6 is 0 Å². The number of rotatable bonds is 4. The molecular formula is C13H18N2O4. The highest BCUT2D eigenvalue weighted by Crippen LogP contribution is 2.39. The molecule has 19 heavy (non-hydrogen) atoms. The first kappa shape index (κ1) is 13.7. The van der Waals surface area contributed by atoms with Gasteiger partial charge in [0, 0.05) is 18.4 Å². The third kappa shape index (κ3) is 2.53. The van der Waals surface area contributed by atoms with Crippen molar-refractivity contribution in [1.82, 2.24) is 9.97 Å². The number of methoxy groups -OCH3 is 1. The van der Waals surface area contributed by atoms with Crippen LogP contribution in [-0.4, -0.2) is 28.2 Å². The lowest BCUT2D eigenvalue weighted by Gasteiger charge is -2.26. The van der Waals surface area contributed by atoms with Gasteiger partial charge in [0.1, 0.15) is 11.4 Å². The first-order chi connectivity index (χ1) is 8.98. The number of ether oxygens (including phenoxy) is 1. The number of carbonyl (C=O) groups is 1. The average molecular weight is 266 g/mol. The quantitative estimate of drug-likeness (QED) is 0.852. The lowest BCUT2D eigenvalue weighted by Crippen LogP contribution is -2.32. The molecule has 0 aromatic carbocycles. The molecule has 1 saturated carbocycles. The van der Waals surface area contributed by atoms with Gasteiger partial charge in [-0.25, -0.2) is 4.98 Å². The molecule has 2 N–H and O–H groups in total. The van der Waals surface area contributed by atoms with E-state index in [0.29, 0.717) is 11.5 Å². The molecule has 0 radical (unpaired) electrons. The molecule has 1 aliphatic rings. The summed E-state index contributed by atoms with van der Waals surface area (Å²) in [6, 6.07) is 0. The van der Waals surface area contributed by atoms with Gasteiger partial charge < -0.3 is 14.8 Å². The molecule has 0 saturated heterocycles. The van der Waals surface area contributed by atoms with E-state index < -0.39 is 11.6 Å². The van der Waals surface area contributed by atoms with Crippen LogP contribution in [0.1, 0.15) is 42.8 Å². The molecule has 2 rings (SSSR count). The van der Waals surface area contributed by atoms with Crippen LogP contribution in [0.5, 0.6) is 0 Å². The molecule has 0 atom stereocenters. The summed E-state index contributed by atoms with van der Waals surface area (Å²) in [5, 5.41) is 8.79. The Kier molecular flexibility index (Phi) is 3.71. The van der Waals surface area contributed by atoms with Gasteiger partial charge in [0.25, 0.3) is 5.56 Å². The second-order valence-electron chi connectivity index (χ2n) is 4.95. The van der Waals surface area contributed by atoms with Gasteiger partial charge in [-0.15, -0.1) is 0 Å². The molecule has 6 heteroatoms. The Hall–Kier alpha value is -1.69. The molecule has 1 fully saturated rings. The first-order valence-corrected chi connectivity index (χ1v) is 6.36. The third-order valence-electron chi connectivity index (χ3n) is 3.78. The Morgan fingerprint density at radius 2 is 2.11 bits per heavy atom. The maximum atomic E-state index is 12.0. The second-order valence-corrected chi connectivity index (χ2v) is 4.95. The lowest BCUT2D eigenvalue weighted by molar-refractivity contribution is -0.136. The number of carboxylic acid groups (broad SMARTS) is 1. The van der Waals surface area contributed by atoms with E-state index in [9.17, 15) is 9.59 Å². The standard InChI is InChI=1S/C13H18N2O4/c1-8-9(7-10(16)17)11(18)15-12(14-8)13(19-2)5-3-4-6-13/h3-7H2,1-2H3,(H,16,17)(H,14,15,18). The van der Waals surface area contributed by atoms with Gasteiger partial charge in [0.15, 0.2) is 0 Å². The minimum Gasteiger partial charge on any atom is -0.481 e. The minimum atomic E-state index is -1.04. The highest BCUT2D eigenvalue weighted by Gasteiger charge is 2.38. The zero-order valence-corrected chi connectivity index (χ0v) is 11.2. The Labute approximate surface area is 110 Å². The number of nitrogens with one attached hydrogen (secondary N) is 1. The predicted molar refractivity (Wildman–Crippen MR) is 68.1 cm³/mol. The summed E-state index contributed by atoms with van der Waals surface area (Å²) in [6.07, 6.45) is 3.41. The van der Waals surface area contributed by atoms with Crippen molar-refractivity contribution in [3.05, 3.63) is 27.4 Å². The van der Waals surface area contributed by atoms with Gasteiger partial charge in [-0.05, 0) is 32.6 Å². The van der Waals surface area contributed by atoms with Crippen molar-refractivity contribution < 1.29 is 14.6 Å². The van der Waals surface area contributed by atoms with E-state index in [2.05, 4.69) is 9.97 Å². The monoisotopic (exact) mass is 266 g/mol. The van der Waals surface area contributed by atoms with E-state index in [-0.39, 0.29) is 17.5 Å². The van der Waals surface area contributed by atoms with Crippen LogP contribution in [0.2, 0.25) is 0 Å². The number of carboxylic acids is 1.